The quantitative estimate of drug-likeness (QED) is 0.750. The molecule has 0 atom stereocenters. The van der Waals surface area contributed by atoms with Crippen LogP contribution in [0.5, 0.6) is 0 Å². The Morgan fingerprint density at radius 1 is 1.00 bits per heavy atom. The van der Waals surface area contributed by atoms with Crippen molar-refractivity contribution in [2.24, 2.45) is 0 Å². The fraction of sp³-hybridized carbons (Fsp3) is 0.692. The lowest BCUT2D eigenvalue weighted by Gasteiger charge is -2.32. The van der Waals surface area contributed by atoms with Crippen LogP contribution in [0.15, 0.2) is 12.4 Å². The van der Waals surface area contributed by atoms with E-state index in [0.29, 0.717) is 5.92 Å². The Morgan fingerprint density at radius 3 is 1.83 bits per heavy atom. The SMILES string of the molecule is CC(C)c1ncc(B2OC(C)(C)C(C)(C)O2)cn1. The van der Waals surface area contributed by atoms with Crippen molar-refractivity contribution in [3.63, 3.8) is 0 Å². The minimum Gasteiger partial charge on any atom is -0.399 e. The zero-order chi connectivity index (χ0) is 13.6. The predicted molar refractivity (Wildman–Crippen MR) is 71.8 cm³/mol. The molecule has 5 heteroatoms. The van der Waals surface area contributed by atoms with Crippen LogP contribution < -0.4 is 5.46 Å². The Bertz CT molecular complexity index is 413. The highest BCUT2D eigenvalue weighted by atomic mass is 16.7. The summed E-state index contributed by atoms with van der Waals surface area (Å²) in [4.78, 5) is 8.69. The number of rotatable bonds is 2. The minimum absolute atomic E-state index is 0.325. The van der Waals surface area contributed by atoms with Gasteiger partial charge in [0.05, 0.1) is 11.2 Å². The lowest BCUT2D eigenvalue weighted by atomic mass is 9.81. The van der Waals surface area contributed by atoms with Crippen LogP contribution in [0.4, 0.5) is 0 Å². The molecule has 98 valence electrons. The van der Waals surface area contributed by atoms with Gasteiger partial charge in [-0.2, -0.15) is 0 Å². The van der Waals surface area contributed by atoms with E-state index in [0.717, 1.165) is 11.3 Å². The molecule has 0 N–H and O–H groups in total. The molecule has 0 amide bonds. The summed E-state index contributed by atoms with van der Waals surface area (Å²) in [6.07, 6.45) is 3.59. The van der Waals surface area contributed by atoms with E-state index in [1.54, 1.807) is 12.4 Å². The molecule has 0 radical (unpaired) electrons. The second kappa shape index (κ2) is 4.32. The maximum absolute atomic E-state index is 5.95. The molecule has 4 nitrogen and oxygen atoms in total. The molecule has 0 bridgehead atoms. The van der Waals surface area contributed by atoms with Crippen LogP contribution in [0.1, 0.15) is 53.3 Å². The lowest BCUT2D eigenvalue weighted by Crippen LogP contribution is -2.41. The van der Waals surface area contributed by atoms with Gasteiger partial charge in [0.15, 0.2) is 0 Å². The fourth-order valence-electron chi connectivity index (χ4n) is 1.75. The van der Waals surface area contributed by atoms with Crippen molar-refractivity contribution in [1.82, 2.24) is 9.97 Å². The molecule has 0 aromatic carbocycles. The molecule has 1 aromatic rings. The summed E-state index contributed by atoms with van der Waals surface area (Å²) in [5.41, 5.74) is 0.223. The van der Waals surface area contributed by atoms with Crippen LogP contribution in [0.25, 0.3) is 0 Å². The molecule has 1 aliphatic heterocycles. The number of hydrogen-bond acceptors (Lipinski definition) is 4. The molecule has 2 rings (SSSR count). The largest absolute Gasteiger partial charge is 0.498 e. The highest BCUT2D eigenvalue weighted by molar-refractivity contribution is 6.61. The van der Waals surface area contributed by atoms with Gasteiger partial charge in [-0.3, -0.25) is 0 Å². The Hall–Kier alpha value is -0.935. The summed E-state index contributed by atoms with van der Waals surface area (Å²) in [5, 5.41) is 0. The first-order chi connectivity index (χ1) is 8.23. The van der Waals surface area contributed by atoms with E-state index in [1.807, 2.05) is 27.7 Å². The summed E-state index contributed by atoms with van der Waals surface area (Å²) in [6, 6.07) is 0. The summed E-state index contributed by atoms with van der Waals surface area (Å²) < 4.78 is 11.9. The molecule has 0 saturated carbocycles. The van der Waals surface area contributed by atoms with Gasteiger partial charge < -0.3 is 9.31 Å². The summed E-state index contributed by atoms with van der Waals surface area (Å²) in [6.45, 7) is 12.3. The van der Waals surface area contributed by atoms with Crippen LogP contribution in [0.2, 0.25) is 0 Å². The monoisotopic (exact) mass is 248 g/mol. The average Bonchev–Trinajstić information content (AvgIpc) is 2.48. The van der Waals surface area contributed by atoms with Gasteiger partial charge in [-0.1, -0.05) is 13.8 Å². The first-order valence-corrected chi connectivity index (χ1v) is 6.40. The summed E-state index contributed by atoms with van der Waals surface area (Å²) in [7, 11) is -0.379. The average molecular weight is 248 g/mol. The van der Waals surface area contributed by atoms with Crippen molar-refractivity contribution < 1.29 is 9.31 Å². The molecule has 1 fully saturated rings. The second-order valence-corrected chi connectivity index (χ2v) is 6.12. The molecule has 2 heterocycles. The van der Waals surface area contributed by atoms with Gasteiger partial charge in [-0.05, 0) is 27.7 Å². The van der Waals surface area contributed by atoms with E-state index in [2.05, 4.69) is 23.8 Å². The van der Waals surface area contributed by atoms with Crippen molar-refractivity contribution >= 4 is 12.6 Å². The van der Waals surface area contributed by atoms with Crippen LogP contribution in [0, 0.1) is 0 Å². The molecule has 0 aliphatic carbocycles. The van der Waals surface area contributed by atoms with E-state index in [1.165, 1.54) is 0 Å². The van der Waals surface area contributed by atoms with E-state index < -0.39 is 0 Å². The predicted octanol–water partition coefficient (Wildman–Crippen LogP) is 1.90. The van der Waals surface area contributed by atoms with Gasteiger partial charge in [0, 0.05) is 23.8 Å². The molecule has 1 aliphatic rings. The van der Waals surface area contributed by atoms with Gasteiger partial charge in [0.2, 0.25) is 0 Å². The Morgan fingerprint density at radius 2 is 1.44 bits per heavy atom. The maximum Gasteiger partial charge on any atom is 0.498 e. The van der Waals surface area contributed by atoms with Crippen molar-refractivity contribution in [3.05, 3.63) is 18.2 Å². The normalized spacial score (nSPS) is 21.6. The van der Waals surface area contributed by atoms with Crippen LogP contribution >= 0.6 is 0 Å². The Kier molecular flexibility index (Phi) is 3.24. The first kappa shape index (κ1) is 13.5. The van der Waals surface area contributed by atoms with Crippen molar-refractivity contribution in [3.8, 4) is 0 Å². The Labute approximate surface area is 109 Å². The van der Waals surface area contributed by atoms with Crippen molar-refractivity contribution in [2.75, 3.05) is 0 Å². The molecular weight excluding hydrogens is 227 g/mol. The summed E-state index contributed by atoms with van der Waals surface area (Å²) >= 11 is 0. The lowest BCUT2D eigenvalue weighted by molar-refractivity contribution is 0.00578. The highest BCUT2D eigenvalue weighted by Gasteiger charge is 2.51. The topological polar surface area (TPSA) is 44.2 Å². The minimum atomic E-state index is -0.379. The molecule has 18 heavy (non-hydrogen) atoms. The number of hydrogen-bond donors (Lipinski definition) is 0. The smallest absolute Gasteiger partial charge is 0.399 e. The summed E-state index contributed by atoms with van der Waals surface area (Å²) in [5.74, 6) is 1.17. The second-order valence-electron chi connectivity index (χ2n) is 6.12. The standard InChI is InChI=1S/C13H21BN2O2/c1-9(2)11-15-7-10(8-16-11)14-17-12(3,4)13(5,6)18-14/h7-9H,1-6H3. The van der Waals surface area contributed by atoms with Gasteiger partial charge >= 0.3 is 7.12 Å². The van der Waals surface area contributed by atoms with E-state index in [4.69, 9.17) is 9.31 Å². The third kappa shape index (κ3) is 2.29. The highest BCUT2D eigenvalue weighted by Crippen LogP contribution is 2.36. The zero-order valence-corrected chi connectivity index (χ0v) is 12.0. The van der Waals surface area contributed by atoms with Gasteiger partial charge in [-0.15, -0.1) is 0 Å². The zero-order valence-electron chi connectivity index (χ0n) is 12.0. The van der Waals surface area contributed by atoms with Gasteiger partial charge in [0.25, 0.3) is 0 Å². The van der Waals surface area contributed by atoms with Crippen molar-refractivity contribution in [1.29, 1.82) is 0 Å². The molecule has 1 saturated heterocycles. The van der Waals surface area contributed by atoms with Crippen LogP contribution in [0.3, 0.4) is 0 Å². The molecular formula is C13H21BN2O2. The number of nitrogens with zero attached hydrogens (tertiary/aromatic N) is 2. The third-order valence-corrected chi connectivity index (χ3v) is 3.73. The molecule has 0 unspecified atom stereocenters. The van der Waals surface area contributed by atoms with Gasteiger partial charge in [-0.25, -0.2) is 9.97 Å². The van der Waals surface area contributed by atoms with Crippen LogP contribution in [-0.4, -0.2) is 28.3 Å². The van der Waals surface area contributed by atoms with Crippen molar-refractivity contribution in [2.45, 2.75) is 58.7 Å². The Balaban J connectivity index is 2.19. The van der Waals surface area contributed by atoms with Crippen LogP contribution in [-0.2, 0) is 9.31 Å². The fourth-order valence-corrected chi connectivity index (χ4v) is 1.75. The van der Waals surface area contributed by atoms with E-state index in [-0.39, 0.29) is 18.3 Å². The number of aromatic nitrogens is 2. The third-order valence-electron chi connectivity index (χ3n) is 3.73. The maximum atomic E-state index is 5.95. The van der Waals surface area contributed by atoms with E-state index in [9.17, 15) is 0 Å². The molecule has 0 spiro atoms. The first-order valence-electron chi connectivity index (χ1n) is 6.40. The van der Waals surface area contributed by atoms with E-state index >= 15 is 0 Å². The molecule has 1 aromatic heterocycles. The van der Waals surface area contributed by atoms with Gasteiger partial charge in [0.1, 0.15) is 5.82 Å².